The summed E-state index contributed by atoms with van der Waals surface area (Å²) >= 11 is 0. The first kappa shape index (κ1) is 66.7. The van der Waals surface area contributed by atoms with Gasteiger partial charge in [0.1, 0.15) is 13.2 Å². The summed E-state index contributed by atoms with van der Waals surface area (Å²) in [6.45, 7) is 4.64. The van der Waals surface area contributed by atoms with Crippen molar-refractivity contribution in [3.8, 4) is 0 Å². The minimum Gasteiger partial charge on any atom is -0.477 e. The van der Waals surface area contributed by atoms with Crippen LogP contribution >= 0.6 is 0 Å². The third-order valence-electron chi connectivity index (χ3n) is 11.2. The Morgan fingerprint density at radius 3 is 1.20 bits per heavy atom. The Hall–Kier alpha value is -4.31. The van der Waals surface area contributed by atoms with Crippen molar-refractivity contribution >= 4 is 17.9 Å². The van der Waals surface area contributed by atoms with Gasteiger partial charge in [-0.3, -0.25) is 9.59 Å². The Labute approximate surface area is 434 Å². The molecular formula is C62H102NO8+. The molecule has 0 fully saturated rings. The summed E-state index contributed by atoms with van der Waals surface area (Å²) in [6, 6.07) is 0. The van der Waals surface area contributed by atoms with Gasteiger partial charge in [-0.15, -0.1) is 0 Å². The molecule has 0 radical (unpaired) electrons. The first-order valence-electron chi connectivity index (χ1n) is 27.7. The first-order chi connectivity index (χ1) is 34.6. The fourth-order valence-electron chi connectivity index (χ4n) is 6.95. The highest BCUT2D eigenvalue weighted by molar-refractivity contribution is 5.71. The van der Waals surface area contributed by atoms with Crippen LogP contribution in [0.4, 0.5) is 0 Å². The molecule has 402 valence electrons. The summed E-state index contributed by atoms with van der Waals surface area (Å²) in [6.07, 6.45) is 69.9. The lowest BCUT2D eigenvalue weighted by Gasteiger charge is -2.25. The number of nitrogens with zero attached hydrogens (tertiary/aromatic N) is 1. The van der Waals surface area contributed by atoms with E-state index in [0.717, 1.165) is 128 Å². The zero-order valence-corrected chi connectivity index (χ0v) is 45.6. The van der Waals surface area contributed by atoms with Gasteiger partial charge in [0, 0.05) is 12.8 Å². The number of ether oxygens (including phenoxy) is 4. The van der Waals surface area contributed by atoms with Crippen molar-refractivity contribution in [3.05, 3.63) is 122 Å². The first-order valence-corrected chi connectivity index (χ1v) is 27.7. The largest absolute Gasteiger partial charge is 0.477 e. The van der Waals surface area contributed by atoms with Crippen LogP contribution in [-0.4, -0.2) is 87.4 Å². The third-order valence-corrected chi connectivity index (χ3v) is 11.2. The number of unbranched alkanes of at least 4 members (excludes halogenated alkanes) is 14. The van der Waals surface area contributed by atoms with Crippen molar-refractivity contribution in [1.82, 2.24) is 0 Å². The van der Waals surface area contributed by atoms with E-state index in [0.29, 0.717) is 17.4 Å². The predicted octanol–water partition coefficient (Wildman–Crippen LogP) is 16.1. The van der Waals surface area contributed by atoms with Crippen molar-refractivity contribution in [2.24, 2.45) is 0 Å². The summed E-state index contributed by atoms with van der Waals surface area (Å²) in [5, 5.41) is 9.68. The maximum absolute atomic E-state index is 12.8. The van der Waals surface area contributed by atoms with Crippen LogP contribution in [0.2, 0.25) is 0 Å². The second kappa shape index (κ2) is 52.0. The molecule has 0 rings (SSSR count). The highest BCUT2D eigenvalue weighted by atomic mass is 16.7. The standard InChI is InChI=1S/C62H101NO8/c1-6-8-10-12-14-16-18-20-21-22-23-24-25-26-27-28-29-30-31-32-33-34-35-36-37-38-39-41-43-45-47-49-51-53-60(65)71-58(57-70-62(61(66)67)68-55-54-63(3,4)5)56-69-59(64)52-50-48-46-44-42-40-19-17-15-13-11-9-7-2/h8,10-11,13-14,16-17,19-21,23-24,26-27,29-30,32-33,35-36,58,62H,6-7,9,12,15,18,22,25,28,31,34,37-57H2,1-5H3/p+1/b10-8-,13-11-,16-14-,19-17-,21-20-,24-23-,27-26-,30-29-,33-32-,36-35-. The summed E-state index contributed by atoms with van der Waals surface area (Å²) < 4.78 is 22.8. The number of carbonyl (C=O) groups excluding carboxylic acids is 2. The lowest BCUT2D eigenvalue weighted by atomic mass is 10.1. The summed E-state index contributed by atoms with van der Waals surface area (Å²) in [4.78, 5) is 37.3. The molecule has 0 aromatic rings. The van der Waals surface area contributed by atoms with Crippen LogP contribution in [0.25, 0.3) is 0 Å². The van der Waals surface area contributed by atoms with E-state index >= 15 is 0 Å². The molecule has 0 heterocycles. The SMILES string of the molecule is CC/C=C\C/C=C\C/C=C\C/C=C\C/C=C\C/C=C\C/C=C\C/C=C\CCCCCCCCCCC(=O)OC(COC(=O)CCCCCCC/C=C\C/C=C\CCC)COC(OCC[N+](C)(C)C)C(=O)O. The molecule has 2 unspecified atom stereocenters. The highest BCUT2D eigenvalue weighted by Crippen LogP contribution is 2.14. The summed E-state index contributed by atoms with van der Waals surface area (Å²) in [5.74, 6) is -2.05. The molecule has 0 saturated carbocycles. The van der Waals surface area contributed by atoms with Crippen LogP contribution in [0.15, 0.2) is 122 Å². The van der Waals surface area contributed by atoms with Crippen LogP contribution in [0.5, 0.6) is 0 Å². The monoisotopic (exact) mass is 989 g/mol. The molecule has 0 aliphatic carbocycles. The Morgan fingerprint density at radius 1 is 0.437 bits per heavy atom. The van der Waals surface area contributed by atoms with Gasteiger partial charge in [-0.1, -0.05) is 200 Å². The number of hydrogen-bond donors (Lipinski definition) is 1. The maximum Gasteiger partial charge on any atom is 0.361 e. The van der Waals surface area contributed by atoms with Crippen LogP contribution < -0.4 is 0 Å². The summed E-state index contributed by atoms with van der Waals surface area (Å²) in [5.41, 5.74) is 0. The fourth-order valence-corrected chi connectivity index (χ4v) is 6.95. The van der Waals surface area contributed by atoms with Crippen molar-refractivity contribution in [3.63, 3.8) is 0 Å². The molecule has 71 heavy (non-hydrogen) atoms. The molecule has 0 amide bonds. The Balaban J connectivity index is 4.26. The lowest BCUT2D eigenvalue weighted by molar-refractivity contribution is -0.870. The number of esters is 2. The van der Waals surface area contributed by atoms with E-state index in [1.807, 2.05) is 21.1 Å². The number of rotatable bonds is 49. The van der Waals surface area contributed by atoms with Gasteiger partial charge in [0.25, 0.3) is 6.29 Å². The van der Waals surface area contributed by atoms with Crippen LogP contribution in [0.3, 0.4) is 0 Å². The number of carboxylic acid groups (broad SMARTS) is 1. The Bertz CT molecular complexity index is 1570. The molecular weight excluding hydrogens is 887 g/mol. The highest BCUT2D eigenvalue weighted by Gasteiger charge is 2.25. The van der Waals surface area contributed by atoms with Gasteiger partial charge >= 0.3 is 17.9 Å². The zero-order chi connectivity index (χ0) is 52.0. The molecule has 0 aliphatic rings. The van der Waals surface area contributed by atoms with E-state index in [-0.39, 0.29) is 38.6 Å². The smallest absolute Gasteiger partial charge is 0.361 e. The number of carboxylic acids is 1. The molecule has 2 atom stereocenters. The molecule has 0 spiro atoms. The average Bonchev–Trinajstić information content (AvgIpc) is 3.34. The van der Waals surface area contributed by atoms with Crippen LogP contribution in [-0.2, 0) is 33.3 Å². The van der Waals surface area contributed by atoms with Gasteiger partial charge in [-0.25, -0.2) is 4.79 Å². The Kier molecular flexibility index (Phi) is 48.9. The quantitative estimate of drug-likeness (QED) is 0.0211. The predicted molar refractivity (Wildman–Crippen MR) is 299 cm³/mol. The van der Waals surface area contributed by atoms with Gasteiger partial charge < -0.3 is 28.5 Å². The number of hydrogen-bond acceptors (Lipinski definition) is 7. The summed E-state index contributed by atoms with van der Waals surface area (Å²) in [7, 11) is 5.94. The second-order valence-electron chi connectivity index (χ2n) is 19.2. The van der Waals surface area contributed by atoms with E-state index in [1.165, 1.54) is 32.1 Å². The van der Waals surface area contributed by atoms with E-state index in [2.05, 4.69) is 135 Å². The number of carbonyl (C=O) groups is 3. The second-order valence-corrected chi connectivity index (χ2v) is 19.2. The molecule has 0 bridgehead atoms. The number of aliphatic carboxylic acids is 1. The van der Waals surface area contributed by atoms with Crippen molar-refractivity contribution in [2.75, 3.05) is 47.5 Å². The van der Waals surface area contributed by atoms with E-state index in [9.17, 15) is 19.5 Å². The van der Waals surface area contributed by atoms with E-state index < -0.39 is 24.3 Å². The lowest BCUT2D eigenvalue weighted by Crippen LogP contribution is -2.40. The zero-order valence-electron chi connectivity index (χ0n) is 45.6. The minimum absolute atomic E-state index is 0.177. The van der Waals surface area contributed by atoms with Gasteiger partial charge in [0.05, 0.1) is 34.4 Å². The van der Waals surface area contributed by atoms with E-state index in [1.54, 1.807) is 0 Å². The van der Waals surface area contributed by atoms with Crippen molar-refractivity contribution in [2.45, 2.75) is 206 Å². The molecule has 9 heteroatoms. The van der Waals surface area contributed by atoms with Gasteiger partial charge in [0.2, 0.25) is 0 Å². The molecule has 0 aromatic heterocycles. The number of likely N-dealkylation sites (N-methyl/N-ethyl adjacent to an activating group) is 1. The van der Waals surface area contributed by atoms with E-state index in [4.69, 9.17) is 18.9 Å². The number of allylic oxidation sites excluding steroid dienone is 20. The van der Waals surface area contributed by atoms with Crippen LogP contribution in [0.1, 0.15) is 194 Å². The van der Waals surface area contributed by atoms with Gasteiger partial charge in [0.15, 0.2) is 6.10 Å². The minimum atomic E-state index is -1.52. The fraction of sp³-hybridized carbons (Fsp3) is 0.629. The van der Waals surface area contributed by atoms with Gasteiger partial charge in [-0.05, 0) is 103 Å². The number of quaternary nitrogens is 1. The topological polar surface area (TPSA) is 108 Å². The molecule has 1 N–H and O–H groups in total. The average molecular weight is 989 g/mol. The normalized spacial score (nSPS) is 13.8. The maximum atomic E-state index is 12.8. The Morgan fingerprint density at radius 2 is 0.803 bits per heavy atom. The van der Waals surface area contributed by atoms with Gasteiger partial charge in [-0.2, -0.15) is 0 Å². The van der Waals surface area contributed by atoms with Crippen molar-refractivity contribution < 1.29 is 42.9 Å². The molecule has 0 aromatic carbocycles. The van der Waals surface area contributed by atoms with Crippen LogP contribution in [0, 0.1) is 0 Å². The molecule has 0 saturated heterocycles. The molecule has 9 nitrogen and oxygen atoms in total. The van der Waals surface area contributed by atoms with Crippen molar-refractivity contribution in [1.29, 1.82) is 0 Å². The molecule has 0 aliphatic heterocycles. The third kappa shape index (κ3) is 53.3.